The summed E-state index contributed by atoms with van der Waals surface area (Å²) in [5, 5.41) is 15.6. The summed E-state index contributed by atoms with van der Waals surface area (Å²) in [5.74, 6) is -3.39. The van der Waals surface area contributed by atoms with Crippen LogP contribution in [0.3, 0.4) is 0 Å². The van der Waals surface area contributed by atoms with Crippen LogP contribution < -0.4 is 0 Å². The Bertz CT molecular complexity index is 1430. The van der Waals surface area contributed by atoms with Gasteiger partial charge in [-0.3, -0.25) is 14.5 Å². The Kier molecular flexibility index (Phi) is 13.5. The number of alkyl halides is 3. The maximum absolute atomic E-state index is 13.6. The zero-order chi connectivity index (χ0) is 34.9. The van der Waals surface area contributed by atoms with Crippen molar-refractivity contribution in [3.8, 4) is 0 Å². The van der Waals surface area contributed by atoms with E-state index in [2.05, 4.69) is 25.7 Å². The highest BCUT2D eigenvalue weighted by atomic mass is 79.9. The minimum absolute atomic E-state index is 0.0486. The minimum Gasteiger partial charge on any atom is -0.478 e. The molecular formula is C32H37BrF4N4O6. The Morgan fingerprint density at radius 3 is 2.06 bits per heavy atom. The molecule has 0 unspecified atom stereocenters. The van der Waals surface area contributed by atoms with Gasteiger partial charge < -0.3 is 24.9 Å². The number of carboxylic acids is 2. The van der Waals surface area contributed by atoms with Crippen LogP contribution in [0, 0.1) is 5.82 Å². The lowest BCUT2D eigenvalue weighted by Gasteiger charge is -2.48. The van der Waals surface area contributed by atoms with Gasteiger partial charge in [-0.15, -0.1) is 0 Å². The van der Waals surface area contributed by atoms with Gasteiger partial charge in [0.1, 0.15) is 5.82 Å². The van der Waals surface area contributed by atoms with Gasteiger partial charge in [-0.05, 0) is 48.9 Å². The summed E-state index contributed by atoms with van der Waals surface area (Å²) in [6.07, 6.45) is -2.74. The van der Waals surface area contributed by atoms with Crippen molar-refractivity contribution in [3.05, 3.63) is 81.6 Å². The van der Waals surface area contributed by atoms with Crippen molar-refractivity contribution >= 4 is 39.7 Å². The topological polar surface area (TPSA) is 122 Å². The molecule has 2 aromatic carbocycles. The van der Waals surface area contributed by atoms with Crippen LogP contribution in [0.5, 0.6) is 0 Å². The number of aliphatic carboxylic acids is 2. The second-order valence-electron chi connectivity index (χ2n) is 11.4. The van der Waals surface area contributed by atoms with Gasteiger partial charge in [0, 0.05) is 93.9 Å². The zero-order valence-corrected chi connectivity index (χ0v) is 27.5. The first-order valence-corrected chi connectivity index (χ1v) is 15.6. The lowest BCUT2D eigenvalue weighted by Crippen LogP contribution is -2.63. The predicted molar refractivity (Wildman–Crippen MR) is 168 cm³/mol. The van der Waals surface area contributed by atoms with Gasteiger partial charge in [0.25, 0.3) is 5.91 Å². The van der Waals surface area contributed by atoms with Crippen LogP contribution in [0.25, 0.3) is 0 Å². The number of likely N-dealkylation sites (N-methyl/N-ethyl adjacent to an activating group) is 1. The van der Waals surface area contributed by atoms with E-state index < -0.39 is 29.6 Å². The number of likely N-dealkylation sites (tertiary alicyclic amines) is 1. The molecule has 2 N–H and O–H groups in total. The van der Waals surface area contributed by atoms with Crippen LogP contribution in [-0.4, -0.2) is 119 Å². The highest BCUT2D eigenvalue weighted by Gasteiger charge is 2.35. The van der Waals surface area contributed by atoms with Gasteiger partial charge in [-0.25, -0.2) is 14.0 Å². The van der Waals surface area contributed by atoms with Crippen LogP contribution >= 0.6 is 15.9 Å². The molecule has 2 aromatic rings. The molecule has 0 radical (unpaired) electrons. The number of carboxylic acid groups (broad SMARTS) is 2. The molecule has 4 rings (SSSR count). The molecule has 2 aliphatic rings. The molecule has 0 spiro atoms. The number of hydrogen-bond donors (Lipinski definition) is 2. The summed E-state index contributed by atoms with van der Waals surface area (Å²) in [5.41, 5.74) is -0.0648. The third-order valence-electron chi connectivity index (χ3n) is 8.03. The van der Waals surface area contributed by atoms with Gasteiger partial charge in [-0.2, -0.15) is 13.2 Å². The van der Waals surface area contributed by atoms with Crippen LogP contribution in [0.15, 0.2) is 59.1 Å². The van der Waals surface area contributed by atoms with Gasteiger partial charge in [0.05, 0.1) is 5.56 Å². The Morgan fingerprint density at radius 2 is 1.55 bits per heavy atom. The van der Waals surface area contributed by atoms with Crippen molar-refractivity contribution in [2.45, 2.75) is 31.5 Å². The van der Waals surface area contributed by atoms with Crippen LogP contribution in [0.1, 0.15) is 40.7 Å². The molecule has 2 saturated heterocycles. The second-order valence-corrected chi connectivity index (χ2v) is 12.3. The number of amides is 2. The van der Waals surface area contributed by atoms with Crippen molar-refractivity contribution in [2.75, 3.05) is 59.4 Å². The van der Waals surface area contributed by atoms with E-state index >= 15 is 0 Å². The van der Waals surface area contributed by atoms with E-state index in [1.165, 1.54) is 23.1 Å². The van der Waals surface area contributed by atoms with Gasteiger partial charge in [0.2, 0.25) is 5.91 Å². The highest BCUT2D eigenvalue weighted by molar-refractivity contribution is 9.10. The van der Waals surface area contributed by atoms with E-state index in [4.69, 9.17) is 10.2 Å². The van der Waals surface area contributed by atoms with Crippen molar-refractivity contribution in [1.29, 1.82) is 0 Å². The number of nitrogens with zero attached hydrogens (tertiary/aromatic N) is 4. The summed E-state index contributed by atoms with van der Waals surface area (Å²) >= 11 is 3.08. The Labute approximate surface area is 278 Å². The summed E-state index contributed by atoms with van der Waals surface area (Å²) in [7, 11) is 1.58. The fourth-order valence-corrected chi connectivity index (χ4v) is 5.94. The van der Waals surface area contributed by atoms with E-state index in [1.807, 2.05) is 4.90 Å². The number of carbonyl (C=O) groups is 4. The van der Waals surface area contributed by atoms with E-state index in [0.29, 0.717) is 24.6 Å². The number of carbonyl (C=O) groups excluding carboxylic acids is 2. The summed E-state index contributed by atoms with van der Waals surface area (Å²) < 4.78 is 53.6. The number of piperazine rings is 1. The normalized spacial score (nSPS) is 16.6. The van der Waals surface area contributed by atoms with Gasteiger partial charge in [-0.1, -0.05) is 28.1 Å². The highest BCUT2D eigenvalue weighted by Crippen LogP contribution is 2.33. The summed E-state index contributed by atoms with van der Waals surface area (Å²) in [4.78, 5) is 51.9. The van der Waals surface area contributed by atoms with E-state index in [9.17, 15) is 36.7 Å². The Balaban J connectivity index is 0.000000665. The molecule has 2 aliphatic heterocycles. The molecule has 0 saturated carbocycles. The Morgan fingerprint density at radius 1 is 0.979 bits per heavy atom. The molecule has 47 heavy (non-hydrogen) atoms. The van der Waals surface area contributed by atoms with E-state index in [-0.39, 0.29) is 34.2 Å². The first kappa shape index (κ1) is 37.6. The third-order valence-corrected chi connectivity index (χ3v) is 8.49. The quantitative estimate of drug-likeness (QED) is 0.273. The zero-order valence-electron chi connectivity index (χ0n) is 25.9. The number of rotatable bonds is 10. The maximum Gasteiger partial charge on any atom is 0.416 e. The summed E-state index contributed by atoms with van der Waals surface area (Å²) in [6.45, 7) is 7.74. The molecule has 0 aromatic heterocycles. The SMILES string of the molecule is CC(=O)N1CCN(C2CN(CC[C@H](CN(C)C(=O)c3cc(Br)cc(C(F)(F)F)c3)c3ccc(F)cc3)C2)CC1.O=C(O)C=CC(=O)O. The van der Waals surface area contributed by atoms with Crippen molar-refractivity contribution in [1.82, 2.24) is 19.6 Å². The molecular weight excluding hydrogens is 692 g/mol. The van der Waals surface area contributed by atoms with Crippen LogP contribution in [-0.2, 0) is 20.6 Å². The standard InChI is InChI=1S/C28H33BrF4N4O2.C4H4O4/c1-19(38)36-9-11-37(12-10-36)26-17-35(18-26)8-7-21(20-3-5-25(30)6-4-20)16-34(2)27(39)22-13-23(28(31,32)33)15-24(29)14-22;5-3(6)1-2-4(7)8/h3-6,13-15,21,26H,7-12,16-18H2,1-2H3;1-2H,(H,5,6)(H,7,8)/t21-;/m1./s1. The summed E-state index contributed by atoms with van der Waals surface area (Å²) in [6, 6.07) is 9.82. The molecule has 1 atom stereocenters. The molecule has 2 amide bonds. The average Bonchev–Trinajstić information content (AvgIpc) is 2.98. The largest absolute Gasteiger partial charge is 0.478 e. The van der Waals surface area contributed by atoms with E-state index in [1.54, 1.807) is 26.1 Å². The first-order valence-electron chi connectivity index (χ1n) is 14.8. The minimum atomic E-state index is -4.57. The molecule has 10 nitrogen and oxygen atoms in total. The molecule has 15 heteroatoms. The molecule has 2 heterocycles. The number of halogens is 5. The molecule has 256 valence electrons. The average molecular weight is 730 g/mol. The van der Waals surface area contributed by atoms with Crippen molar-refractivity contribution in [3.63, 3.8) is 0 Å². The third kappa shape index (κ3) is 11.7. The lowest BCUT2D eigenvalue weighted by atomic mass is 9.93. The van der Waals surface area contributed by atoms with E-state index in [0.717, 1.165) is 63.5 Å². The molecule has 0 aliphatic carbocycles. The monoisotopic (exact) mass is 728 g/mol. The fraction of sp³-hybridized carbons (Fsp3) is 0.438. The molecule has 2 fully saturated rings. The van der Waals surface area contributed by atoms with Crippen molar-refractivity contribution < 1.29 is 47.0 Å². The van der Waals surface area contributed by atoms with Crippen LogP contribution in [0.2, 0.25) is 0 Å². The number of hydrogen-bond acceptors (Lipinski definition) is 6. The fourth-order valence-electron chi connectivity index (χ4n) is 5.45. The van der Waals surface area contributed by atoms with Gasteiger partial charge in [0.15, 0.2) is 0 Å². The van der Waals surface area contributed by atoms with Gasteiger partial charge >= 0.3 is 18.1 Å². The Hall–Kier alpha value is -3.82. The number of benzene rings is 2. The maximum atomic E-state index is 13.6. The smallest absolute Gasteiger partial charge is 0.416 e. The first-order chi connectivity index (χ1) is 22.0. The lowest BCUT2D eigenvalue weighted by molar-refractivity contribution is -0.137. The second kappa shape index (κ2) is 16.8. The van der Waals surface area contributed by atoms with Crippen molar-refractivity contribution in [2.24, 2.45) is 0 Å². The van der Waals surface area contributed by atoms with Crippen LogP contribution in [0.4, 0.5) is 17.6 Å². The predicted octanol–water partition coefficient (Wildman–Crippen LogP) is 4.41. The molecule has 0 bridgehead atoms.